The summed E-state index contributed by atoms with van der Waals surface area (Å²) in [6.45, 7) is 7.13. The van der Waals surface area contributed by atoms with Gasteiger partial charge in [0, 0.05) is 18.0 Å². The van der Waals surface area contributed by atoms with Crippen LogP contribution in [-0.2, 0) is 32.3 Å². The summed E-state index contributed by atoms with van der Waals surface area (Å²) >= 11 is 1.42. The van der Waals surface area contributed by atoms with Gasteiger partial charge in [-0.15, -0.1) is 11.3 Å². The fourth-order valence-corrected chi connectivity index (χ4v) is 6.93. The minimum absolute atomic E-state index is 0.0122. The number of hydrogen-bond donors (Lipinski definition) is 1. The van der Waals surface area contributed by atoms with Crippen molar-refractivity contribution in [1.29, 1.82) is 0 Å². The van der Waals surface area contributed by atoms with Crippen LogP contribution in [-0.4, -0.2) is 55.4 Å². The maximum absolute atomic E-state index is 12.9. The van der Waals surface area contributed by atoms with Crippen LogP contribution in [0.5, 0.6) is 0 Å². The number of halogens is 3. The van der Waals surface area contributed by atoms with Gasteiger partial charge >= 0.3 is 6.18 Å². The number of carbonyl (C=O) groups is 1. The highest BCUT2D eigenvalue weighted by Gasteiger charge is 2.44. The standard InChI is InChI=1S/C25H32F3N3O4S2/c1-4-37(33,34)18-8-5-16(6-9-18)11-21(32)29-24-30-22-19(36-24)13-31(23(22)15(2)3)12-17-7-10-20(35-14-17)25(26,27)28/h5-6,8-9,15,17,20,23H,4,7,10-14H2,1-3H3,(H,29,30,32)/t17-,20+,23+/m1/s1. The molecule has 2 aliphatic heterocycles. The smallest absolute Gasteiger partial charge is 0.368 e. The molecule has 2 aromatic rings. The summed E-state index contributed by atoms with van der Waals surface area (Å²) in [7, 11) is -3.29. The zero-order valence-electron chi connectivity index (χ0n) is 21.0. The molecule has 0 spiro atoms. The van der Waals surface area contributed by atoms with Crippen LogP contribution < -0.4 is 5.32 Å². The van der Waals surface area contributed by atoms with E-state index in [9.17, 15) is 26.4 Å². The van der Waals surface area contributed by atoms with E-state index in [1.807, 2.05) is 0 Å². The fraction of sp³-hybridized carbons (Fsp3) is 0.600. The highest BCUT2D eigenvalue weighted by molar-refractivity contribution is 7.91. The predicted octanol–water partition coefficient (Wildman–Crippen LogP) is 4.99. The first kappa shape index (κ1) is 28.0. The van der Waals surface area contributed by atoms with Crippen LogP contribution in [0.2, 0.25) is 0 Å². The number of rotatable bonds is 8. The second-order valence-electron chi connectivity index (χ2n) is 10.0. The van der Waals surface area contributed by atoms with Crippen molar-refractivity contribution >= 4 is 32.2 Å². The topological polar surface area (TPSA) is 88.6 Å². The molecule has 0 bridgehead atoms. The summed E-state index contributed by atoms with van der Waals surface area (Å²) in [6, 6.07) is 6.33. The molecule has 1 saturated heterocycles. The van der Waals surface area contributed by atoms with Crippen molar-refractivity contribution in [1.82, 2.24) is 9.88 Å². The Bertz CT molecular complexity index is 1200. The number of hydrogen-bond acceptors (Lipinski definition) is 7. The highest BCUT2D eigenvalue weighted by atomic mass is 32.2. The van der Waals surface area contributed by atoms with Gasteiger partial charge in [0.25, 0.3) is 0 Å². The Morgan fingerprint density at radius 3 is 2.51 bits per heavy atom. The second kappa shape index (κ2) is 11.0. The monoisotopic (exact) mass is 559 g/mol. The number of anilines is 1. The SMILES string of the molecule is CCS(=O)(=O)c1ccc(CC(=O)Nc2nc3c(s2)CN(C[C@H]2CC[C@@H](C(F)(F)F)OC2)[C@H]3C(C)C)cc1. The molecule has 3 heterocycles. The van der Waals surface area contributed by atoms with Crippen molar-refractivity contribution < 1.29 is 31.1 Å². The van der Waals surface area contributed by atoms with Gasteiger partial charge in [-0.3, -0.25) is 9.69 Å². The molecule has 1 N–H and O–H groups in total. The third kappa shape index (κ3) is 6.52. The number of fused-ring (bicyclic) bond motifs is 1. The lowest BCUT2D eigenvalue weighted by atomic mass is 9.95. The molecule has 1 aromatic heterocycles. The van der Waals surface area contributed by atoms with E-state index in [0.717, 1.165) is 10.6 Å². The van der Waals surface area contributed by atoms with E-state index in [1.165, 1.54) is 23.5 Å². The maximum Gasteiger partial charge on any atom is 0.414 e. The molecule has 1 aromatic carbocycles. The van der Waals surface area contributed by atoms with Gasteiger partial charge in [-0.25, -0.2) is 13.4 Å². The van der Waals surface area contributed by atoms with Gasteiger partial charge in [0.15, 0.2) is 21.1 Å². The average Bonchev–Trinajstić information content (AvgIpc) is 3.35. The Morgan fingerprint density at radius 2 is 1.95 bits per heavy atom. The van der Waals surface area contributed by atoms with Gasteiger partial charge < -0.3 is 10.1 Å². The van der Waals surface area contributed by atoms with E-state index >= 15 is 0 Å². The molecular weight excluding hydrogens is 527 g/mol. The van der Waals surface area contributed by atoms with E-state index in [1.54, 1.807) is 19.1 Å². The number of benzene rings is 1. The summed E-state index contributed by atoms with van der Waals surface area (Å²) in [5.41, 5.74) is 1.61. The lowest BCUT2D eigenvalue weighted by Gasteiger charge is -2.35. The molecule has 204 valence electrons. The predicted molar refractivity (Wildman–Crippen MR) is 135 cm³/mol. The van der Waals surface area contributed by atoms with Crippen LogP contribution >= 0.6 is 11.3 Å². The summed E-state index contributed by atoms with van der Waals surface area (Å²) in [5.74, 6) is 0.0440. The van der Waals surface area contributed by atoms with Crippen molar-refractivity contribution in [3.05, 3.63) is 40.4 Å². The van der Waals surface area contributed by atoms with Gasteiger partial charge in [-0.05, 0) is 42.4 Å². The van der Waals surface area contributed by atoms with Crippen LogP contribution in [0, 0.1) is 11.8 Å². The van der Waals surface area contributed by atoms with Crippen molar-refractivity contribution in [2.24, 2.45) is 11.8 Å². The minimum Gasteiger partial charge on any atom is -0.368 e. The van der Waals surface area contributed by atoms with Gasteiger partial charge in [-0.1, -0.05) is 32.9 Å². The molecule has 0 unspecified atom stereocenters. The number of aromatic nitrogens is 1. The maximum atomic E-state index is 12.9. The van der Waals surface area contributed by atoms with Crippen LogP contribution in [0.4, 0.5) is 18.3 Å². The number of carbonyl (C=O) groups excluding carboxylic acids is 1. The number of alkyl halides is 3. The number of nitrogens with zero attached hydrogens (tertiary/aromatic N) is 2. The normalized spacial score (nSPS) is 22.8. The van der Waals surface area contributed by atoms with Gasteiger partial charge in [0.05, 0.1) is 35.4 Å². The molecule has 37 heavy (non-hydrogen) atoms. The van der Waals surface area contributed by atoms with Crippen molar-refractivity contribution in [2.75, 3.05) is 24.2 Å². The average molecular weight is 560 g/mol. The first-order valence-electron chi connectivity index (χ1n) is 12.4. The Morgan fingerprint density at radius 1 is 1.24 bits per heavy atom. The number of amides is 1. The largest absolute Gasteiger partial charge is 0.414 e. The summed E-state index contributed by atoms with van der Waals surface area (Å²) in [5, 5.41) is 3.37. The van der Waals surface area contributed by atoms with Crippen LogP contribution in [0.25, 0.3) is 0 Å². The molecule has 1 amide bonds. The molecular formula is C25H32F3N3O4S2. The zero-order chi connectivity index (χ0) is 27.0. The van der Waals surface area contributed by atoms with Gasteiger partial charge in [-0.2, -0.15) is 13.2 Å². The van der Waals surface area contributed by atoms with Crippen molar-refractivity contribution in [2.45, 2.75) is 69.8 Å². The highest BCUT2D eigenvalue weighted by Crippen LogP contribution is 2.43. The summed E-state index contributed by atoms with van der Waals surface area (Å²) in [4.78, 5) is 20.9. The molecule has 0 radical (unpaired) electrons. The van der Waals surface area contributed by atoms with Crippen LogP contribution in [0.15, 0.2) is 29.2 Å². The first-order chi connectivity index (χ1) is 17.4. The molecule has 7 nitrogen and oxygen atoms in total. The Hall–Kier alpha value is -2.02. The molecule has 0 aliphatic carbocycles. The van der Waals surface area contributed by atoms with E-state index in [0.29, 0.717) is 30.2 Å². The lowest BCUT2D eigenvalue weighted by Crippen LogP contribution is -2.41. The second-order valence-corrected chi connectivity index (χ2v) is 13.4. The van der Waals surface area contributed by atoms with Crippen molar-refractivity contribution in [3.8, 4) is 0 Å². The third-order valence-electron chi connectivity index (χ3n) is 6.88. The molecule has 2 aliphatic rings. The lowest BCUT2D eigenvalue weighted by molar-refractivity contribution is -0.236. The van der Waals surface area contributed by atoms with Gasteiger partial charge in [0.1, 0.15) is 0 Å². The summed E-state index contributed by atoms with van der Waals surface area (Å²) in [6.07, 6.45) is -5.43. The summed E-state index contributed by atoms with van der Waals surface area (Å²) < 4.78 is 67.8. The number of nitrogens with one attached hydrogen (secondary N) is 1. The number of ether oxygens (including phenoxy) is 1. The van der Waals surface area contributed by atoms with Gasteiger partial charge in [0.2, 0.25) is 5.91 Å². The molecule has 1 fully saturated rings. The Balaban J connectivity index is 1.35. The van der Waals surface area contributed by atoms with Crippen molar-refractivity contribution in [3.63, 3.8) is 0 Å². The van der Waals surface area contributed by atoms with E-state index < -0.39 is 22.1 Å². The first-order valence-corrected chi connectivity index (χ1v) is 14.9. The van der Waals surface area contributed by atoms with E-state index in [2.05, 4.69) is 24.1 Å². The number of sulfone groups is 1. The van der Waals surface area contributed by atoms with E-state index in [4.69, 9.17) is 9.72 Å². The molecule has 3 atom stereocenters. The van der Waals surface area contributed by atoms with Crippen LogP contribution in [0.3, 0.4) is 0 Å². The Labute approximate surface area is 219 Å². The number of thiazole rings is 1. The fourth-order valence-electron chi connectivity index (χ4n) is 5.00. The Kier molecular flexibility index (Phi) is 8.32. The van der Waals surface area contributed by atoms with Crippen LogP contribution in [0.1, 0.15) is 55.8 Å². The zero-order valence-corrected chi connectivity index (χ0v) is 22.7. The third-order valence-corrected chi connectivity index (χ3v) is 9.60. The molecule has 4 rings (SSSR count). The molecule has 0 saturated carbocycles. The minimum atomic E-state index is -4.31. The van der Waals surface area contributed by atoms with E-state index in [-0.39, 0.29) is 53.9 Å². The quantitative estimate of drug-likeness (QED) is 0.491. The molecule has 12 heteroatoms.